The predicted molar refractivity (Wildman–Crippen MR) is 113 cm³/mol. The highest BCUT2D eigenvalue weighted by atomic mass is 19.4. The Morgan fingerprint density at radius 1 is 1.24 bits per heavy atom. The summed E-state index contributed by atoms with van der Waals surface area (Å²) in [5, 5.41) is 7.12. The number of aryl methyl sites for hydroxylation is 1. The fourth-order valence-corrected chi connectivity index (χ4v) is 4.02. The molecule has 0 aliphatic carbocycles. The number of alkyl halides is 3. The zero-order chi connectivity index (χ0) is 24.2. The molecule has 2 aromatic rings. The first-order valence-electron chi connectivity index (χ1n) is 10.9. The normalized spacial score (nSPS) is 18.8. The van der Waals surface area contributed by atoms with Gasteiger partial charge < -0.3 is 14.4 Å². The van der Waals surface area contributed by atoms with Gasteiger partial charge in [-0.05, 0) is 36.8 Å². The highest BCUT2D eigenvalue weighted by molar-refractivity contribution is 5.89. The molecule has 1 N–H and O–H groups in total. The minimum atomic E-state index is -5.08. The number of benzene rings is 1. The fourth-order valence-electron chi connectivity index (χ4n) is 4.02. The third-order valence-corrected chi connectivity index (χ3v) is 5.83. The molecule has 3 heterocycles. The molecule has 1 amide bonds. The lowest BCUT2D eigenvalue weighted by Crippen LogP contribution is -2.39. The van der Waals surface area contributed by atoms with E-state index in [4.69, 9.17) is 14.3 Å². The molecule has 4 rings (SSSR count). The maximum absolute atomic E-state index is 12.7. The first-order chi connectivity index (χ1) is 15.5. The van der Waals surface area contributed by atoms with Crippen molar-refractivity contribution >= 4 is 11.9 Å². The van der Waals surface area contributed by atoms with Crippen LogP contribution in [0.5, 0.6) is 0 Å². The Bertz CT molecular complexity index is 990. The minimum absolute atomic E-state index is 0.0450. The first kappa shape index (κ1) is 24.8. The number of carboxylic acids is 1. The Kier molecular flexibility index (Phi) is 7.78. The molecule has 0 spiro atoms. The molecular formula is C23H28F3N3O4. The van der Waals surface area contributed by atoms with Crippen molar-refractivity contribution in [2.75, 3.05) is 19.6 Å². The lowest BCUT2D eigenvalue weighted by Gasteiger charge is -2.29. The SMILES string of the molecule is Cc1ccccc1CN1CCc2oc(C(=O)N3CCCC(C)C3)nc2C1.O=C(O)C(F)(F)F. The summed E-state index contributed by atoms with van der Waals surface area (Å²) in [6.45, 7) is 8.56. The number of piperidine rings is 1. The second-order valence-corrected chi connectivity index (χ2v) is 8.58. The van der Waals surface area contributed by atoms with Crippen molar-refractivity contribution in [2.24, 2.45) is 5.92 Å². The van der Waals surface area contributed by atoms with Crippen molar-refractivity contribution in [3.63, 3.8) is 0 Å². The van der Waals surface area contributed by atoms with Gasteiger partial charge in [0.1, 0.15) is 5.76 Å². The van der Waals surface area contributed by atoms with Crippen LogP contribution in [0.1, 0.15) is 53.0 Å². The van der Waals surface area contributed by atoms with E-state index in [1.165, 1.54) is 17.5 Å². The second kappa shape index (κ2) is 10.4. The smallest absolute Gasteiger partial charge is 0.475 e. The maximum Gasteiger partial charge on any atom is 0.490 e. The standard InChI is InChI=1S/C21H27N3O2.C2HF3O2/c1-15-6-5-10-24(12-15)21(25)20-22-18-14-23(11-9-19(18)26-20)13-17-8-4-3-7-16(17)2;3-2(4,5)1(6)7/h3-4,7-8,15H,5-6,9-14H2,1-2H3;(H,6,7). The molecule has 1 fully saturated rings. The Balaban J connectivity index is 0.000000383. The Morgan fingerprint density at radius 2 is 1.94 bits per heavy atom. The quantitative estimate of drug-likeness (QED) is 0.733. The van der Waals surface area contributed by atoms with Crippen molar-refractivity contribution < 1.29 is 32.3 Å². The van der Waals surface area contributed by atoms with Crippen molar-refractivity contribution in [3.8, 4) is 0 Å². The van der Waals surface area contributed by atoms with Gasteiger partial charge in [-0.15, -0.1) is 0 Å². The summed E-state index contributed by atoms with van der Waals surface area (Å²) < 4.78 is 37.6. The molecule has 1 saturated heterocycles. The Labute approximate surface area is 190 Å². The van der Waals surface area contributed by atoms with Crippen LogP contribution in [-0.4, -0.2) is 57.6 Å². The molecular weight excluding hydrogens is 439 g/mol. The molecule has 2 aliphatic heterocycles. The van der Waals surface area contributed by atoms with E-state index >= 15 is 0 Å². The van der Waals surface area contributed by atoms with Gasteiger partial charge in [-0.1, -0.05) is 31.2 Å². The summed E-state index contributed by atoms with van der Waals surface area (Å²) in [5.74, 6) is -1.08. The number of halogens is 3. The number of rotatable bonds is 3. The van der Waals surface area contributed by atoms with Crippen LogP contribution in [0.15, 0.2) is 28.7 Å². The second-order valence-electron chi connectivity index (χ2n) is 8.58. The van der Waals surface area contributed by atoms with Crippen molar-refractivity contribution in [1.82, 2.24) is 14.8 Å². The van der Waals surface area contributed by atoms with Crippen LogP contribution < -0.4 is 0 Å². The van der Waals surface area contributed by atoms with Crippen molar-refractivity contribution in [2.45, 2.75) is 52.4 Å². The highest BCUT2D eigenvalue weighted by Gasteiger charge is 2.38. The van der Waals surface area contributed by atoms with Crippen molar-refractivity contribution in [1.29, 1.82) is 0 Å². The van der Waals surface area contributed by atoms with Crippen molar-refractivity contribution in [3.05, 3.63) is 52.7 Å². The third kappa shape index (κ3) is 6.56. The number of carboxylic acid groups (broad SMARTS) is 1. The van der Waals surface area contributed by atoms with E-state index in [1.54, 1.807) is 0 Å². The molecule has 7 nitrogen and oxygen atoms in total. The molecule has 1 unspecified atom stereocenters. The average molecular weight is 467 g/mol. The van der Waals surface area contributed by atoms with Gasteiger partial charge in [0.2, 0.25) is 0 Å². The maximum atomic E-state index is 12.7. The first-order valence-corrected chi connectivity index (χ1v) is 10.9. The number of likely N-dealkylation sites (tertiary alicyclic amines) is 1. The number of aromatic nitrogens is 1. The number of carbonyl (C=O) groups is 2. The van der Waals surface area contributed by atoms with Crippen LogP contribution in [0.25, 0.3) is 0 Å². The van der Waals surface area contributed by atoms with Gasteiger partial charge in [0.15, 0.2) is 0 Å². The predicted octanol–water partition coefficient (Wildman–Crippen LogP) is 4.05. The summed E-state index contributed by atoms with van der Waals surface area (Å²) in [5.41, 5.74) is 3.59. The number of hydrogen-bond acceptors (Lipinski definition) is 5. The van der Waals surface area contributed by atoms with E-state index in [1.807, 2.05) is 4.90 Å². The van der Waals surface area contributed by atoms with E-state index < -0.39 is 12.1 Å². The van der Waals surface area contributed by atoms with Crippen LogP contribution in [0.4, 0.5) is 13.2 Å². The average Bonchev–Trinajstić information content (AvgIpc) is 3.18. The lowest BCUT2D eigenvalue weighted by atomic mass is 10.0. The topological polar surface area (TPSA) is 86.9 Å². The monoisotopic (exact) mass is 467 g/mol. The largest absolute Gasteiger partial charge is 0.490 e. The number of carbonyl (C=O) groups excluding carboxylic acids is 1. The molecule has 180 valence electrons. The number of hydrogen-bond donors (Lipinski definition) is 1. The van der Waals surface area contributed by atoms with Crippen LogP contribution in [-0.2, 0) is 24.3 Å². The molecule has 1 aromatic heterocycles. The van der Waals surface area contributed by atoms with Crippen LogP contribution in [0.2, 0.25) is 0 Å². The number of aliphatic carboxylic acids is 1. The zero-order valence-corrected chi connectivity index (χ0v) is 18.7. The number of fused-ring (bicyclic) bond motifs is 1. The van der Waals surface area contributed by atoms with E-state index in [0.717, 1.165) is 57.0 Å². The van der Waals surface area contributed by atoms with E-state index in [0.29, 0.717) is 5.92 Å². The molecule has 33 heavy (non-hydrogen) atoms. The summed E-state index contributed by atoms with van der Waals surface area (Å²) >= 11 is 0. The van der Waals surface area contributed by atoms with Crippen LogP contribution in [0, 0.1) is 12.8 Å². The number of oxazole rings is 1. The van der Waals surface area contributed by atoms with Gasteiger partial charge in [0.05, 0.1) is 5.69 Å². The Morgan fingerprint density at radius 3 is 2.58 bits per heavy atom. The van der Waals surface area contributed by atoms with Gasteiger partial charge >= 0.3 is 18.1 Å². The zero-order valence-electron chi connectivity index (χ0n) is 18.7. The summed E-state index contributed by atoms with van der Waals surface area (Å²) in [6, 6.07) is 8.49. The van der Waals surface area contributed by atoms with Gasteiger partial charge in [-0.2, -0.15) is 13.2 Å². The molecule has 1 atom stereocenters. The fraction of sp³-hybridized carbons (Fsp3) is 0.522. The highest BCUT2D eigenvalue weighted by Crippen LogP contribution is 2.24. The van der Waals surface area contributed by atoms with E-state index in [-0.39, 0.29) is 11.8 Å². The molecule has 0 radical (unpaired) electrons. The summed E-state index contributed by atoms with van der Waals surface area (Å²) in [7, 11) is 0. The lowest BCUT2D eigenvalue weighted by molar-refractivity contribution is -0.192. The molecule has 2 aliphatic rings. The van der Waals surface area contributed by atoms with E-state index in [2.05, 4.69) is 48.0 Å². The van der Waals surface area contributed by atoms with Gasteiger partial charge in [0.25, 0.3) is 5.89 Å². The Hall–Kier alpha value is -2.88. The van der Waals surface area contributed by atoms with Gasteiger partial charge in [-0.3, -0.25) is 9.69 Å². The summed E-state index contributed by atoms with van der Waals surface area (Å²) in [4.78, 5) is 30.5. The molecule has 0 saturated carbocycles. The van der Waals surface area contributed by atoms with E-state index in [9.17, 15) is 18.0 Å². The minimum Gasteiger partial charge on any atom is -0.475 e. The number of amides is 1. The molecule has 1 aromatic carbocycles. The molecule has 10 heteroatoms. The summed E-state index contributed by atoms with van der Waals surface area (Å²) in [6.07, 6.45) is -2.00. The molecule has 0 bridgehead atoms. The van der Waals surface area contributed by atoms with Gasteiger partial charge in [-0.25, -0.2) is 9.78 Å². The van der Waals surface area contributed by atoms with Crippen LogP contribution in [0.3, 0.4) is 0 Å². The number of nitrogens with zero attached hydrogens (tertiary/aromatic N) is 3. The van der Waals surface area contributed by atoms with Gasteiger partial charge in [0, 0.05) is 39.1 Å². The van der Waals surface area contributed by atoms with Crippen LogP contribution >= 0.6 is 0 Å². The third-order valence-electron chi connectivity index (χ3n) is 5.83.